The van der Waals surface area contributed by atoms with Crippen LogP contribution in [0.15, 0.2) is 0 Å². The molecule has 0 aliphatic rings. The van der Waals surface area contributed by atoms with Crippen LogP contribution in [0.1, 0.15) is 13.8 Å². The maximum absolute atomic E-state index is 10.8. The summed E-state index contributed by atoms with van der Waals surface area (Å²) in [5.41, 5.74) is 0. The zero-order valence-corrected chi connectivity index (χ0v) is 7.30. The van der Waals surface area contributed by atoms with Gasteiger partial charge in [0.2, 0.25) is 0 Å². The Hall–Kier alpha value is -0.510. The van der Waals surface area contributed by atoms with E-state index in [1.165, 1.54) is 6.92 Å². The third kappa shape index (κ3) is 4.84. The van der Waals surface area contributed by atoms with Crippen molar-refractivity contribution in [2.24, 2.45) is 0 Å². The number of hydrogen-bond donors (Lipinski definition) is 2. The zero-order chi connectivity index (χ0) is 8.85. The Morgan fingerprint density at radius 1 is 1.82 bits per heavy atom. The maximum atomic E-state index is 10.8. The van der Waals surface area contributed by atoms with Gasteiger partial charge in [0.15, 0.2) is 0 Å². The fraction of sp³-hybridized carbons (Fsp3) is 0.800. The van der Waals surface area contributed by atoms with Crippen molar-refractivity contribution < 1.29 is 19.0 Å². The Kier molecular flexibility index (Phi) is 4.94. The predicted octanol–water partition coefficient (Wildman–Crippen LogP) is 0.177. The van der Waals surface area contributed by atoms with E-state index in [0.717, 1.165) is 0 Å². The SMILES string of the molecule is CCOC(=O)C(C)N[P+](=O)O. The molecule has 0 rings (SSSR count). The molecule has 0 saturated heterocycles. The minimum Gasteiger partial charge on any atom is -0.465 e. The van der Waals surface area contributed by atoms with Crippen LogP contribution in [0.5, 0.6) is 0 Å². The van der Waals surface area contributed by atoms with Crippen molar-refractivity contribution in [3.8, 4) is 0 Å². The first-order valence-corrected chi connectivity index (χ1v) is 4.38. The maximum Gasteiger partial charge on any atom is 0.611 e. The molecule has 0 radical (unpaired) electrons. The summed E-state index contributed by atoms with van der Waals surface area (Å²) in [6.45, 7) is 3.40. The Morgan fingerprint density at radius 2 is 2.36 bits per heavy atom. The van der Waals surface area contributed by atoms with Crippen LogP contribution in [0, 0.1) is 0 Å². The first-order valence-electron chi connectivity index (χ1n) is 3.16. The van der Waals surface area contributed by atoms with E-state index < -0.39 is 20.2 Å². The Balaban J connectivity index is 3.73. The molecule has 0 aliphatic heterocycles. The van der Waals surface area contributed by atoms with E-state index in [-0.39, 0.29) is 6.61 Å². The van der Waals surface area contributed by atoms with E-state index in [4.69, 9.17) is 4.89 Å². The summed E-state index contributed by atoms with van der Waals surface area (Å²) in [5, 5.41) is 2.12. The average Bonchev–Trinajstić information content (AvgIpc) is 1.86. The molecule has 0 saturated carbocycles. The molecule has 64 valence electrons. The first-order chi connectivity index (χ1) is 5.07. The van der Waals surface area contributed by atoms with Crippen LogP contribution >= 0.6 is 8.18 Å². The number of rotatable bonds is 4. The summed E-state index contributed by atoms with van der Waals surface area (Å²) in [5.74, 6) is -0.523. The molecule has 2 N–H and O–H groups in total. The van der Waals surface area contributed by atoms with Gasteiger partial charge in [-0.3, -0.25) is 4.79 Å². The minimum absolute atomic E-state index is 0.271. The third-order valence-corrected chi connectivity index (χ3v) is 1.55. The Morgan fingerprint density at radius 3 is 2.73 bits per heavy atom. The van der Waals surface area contributed by atoms with E-state index >= 15 is 0 Å². The van der Waals surface area contributed by atoms with Gasteiger partial charge in [-0.05, 0) is 18.4 Å². The van der Waals surface area contributed by atoms with E-state index in [2.05, 4.69) is 9.82 Å². The van der Waals surface area contributed by atoms with Gasteiger partial charge in [-0.1, -0.05) is 5.09 Å². The number of carbonyl (C=O) groups is 1. The standard InChI is InChI=1S/C5H10NO4P/c1-3-10-5(7)4(2)6-11(8)9/h4H,3H2,1-2H3,(H-,6,8,9)/p+1. The molecular formula is C5H11NO4P+. The lowest BCUT2D eigenvalue weighted by atomic mass is 10.4. The monoisotopic (exact) mass is 180 g/mol. The zero-order valence-electron chi connectivity index (χ0n) is 6.40. The van der Waals surface area contributed by atoms with Crippen LogP contribution in [0.3, 0.4) is 0 Å². The summed E-state index contributed by atoms with van der Waals surface area (Å²) in [4.78, 5) is 19.1. The summed E-state index contributed by atoms with van der Waals surface area (Å²) < 4.78 is 14.7. The van der Waals surface area contributed by atoms with Gasteiger partial charge in [0.1, 0.15) is 6.04 Å². The van der Waals surface area contributed by atoms with E-state index in [1.54, 1.807) is 6.92 Å². The summed E-state index contributed by atoms with van der Waals surface area (Å²) in [7, 11) is -2.48. The molecule has 11 heavy (non-hydrogen) atoms. The van der Waals surface area contributed by atoms with Crippen LogP contribution < -0.4 is 5.09 Å². The van der Waals surface area contributed by atoms with Crippen LogP contribution in [0.4, 0.5) is 0 Å². The lowest BCUT2D eigenvalue weighted by Gasteiger charge is -2.03. The van der Waals surface area contributed by atoms with Crippen molar-refractivity contribution in [2.75, 3.05) is 6.61 Å². The number of ether oxygens (including phenoxy) is 1. The highest BCUT2D eigenvalue weighted by molar-refractivity contribution is 7.35. The van der Waals surface area contributed by atoms with Crippen LogP contribution in [-0.2, 0) is 14.1 Å². The lowest BCUT2D eigenvalue weighted by molar-refractivity contribution is -0.144. The summed E-state index contributed by atoms with van der Waals surface area (Å²) in [6, 6.07) is -0.733. The van der Waals surface area contributed by atoms with Gasteiger partial charge >= 0.3 is 14.1 Å². The molecule has 0 spiro atoms. The molecule has 0 fully saturated rings. The normalized spacial score (nSPS) is 13.9. The molecule has 5 nitrogen and oxygen atoms in total. The van der Waals surface area contributed by atoms with Crippen molar-refractivity contribution in [3.05, 3.63) is 0 Å². The smallest absolute Gasteiger partial charge is 0.465 e. The third-order valence-electron chi connectivity index (χ3n) is 0.944. The minimum atomic E-state index is -2.48. The molecule has 0 amide bonds. The largest absolute Gasteiger partial charge is 0.611 e. The highest BCUT2D eigenvalue weighted by Crippen LogP contribution is 2.07. The Bertz CT molecular complexity index is 161. The van der Waals surface area contributed by atoms with Crippen LogP contribution in [-0.4, -0.2) is 23.5 Å². The van der Waals surface area contributed by atoms with Gasteiger partial charge in [0, 0.05) is 0 Å². The van der Waals surface area contributed by atoms with E-state index in [0.29, 0.717) is 0 Å². The average molecular weight is 180 g/mol. The number of carbonyl (C=O) groups excluding carboxylic acids is 1. The topological polar surface area (TPSA) is 75.6 Å². The van der Waals surface area contributed by atoms with Crippen molar-refractivity contribution in [2.45, 2.75) is 19.9 Å². The van der Waals surface area contributed by atoms with Crippen molar-refractivity contribution in [3.63, 3.8) is 0 Å². The molecule has 2 atom stereocenters. The predicted molar refractivity (Wildman–Crippen MR) is 39.1 cm³/mol. The summed E-state index contributed by atoms with van der Waals surface area (Å²) in [6.07, 6.45) is 0. The van der Waals surface area contributed by atoms with Crippen LogP contribution in [0.2, 0.25) is 0 Å². The van der Waals surface area contributed by atoms with Gasteiger partial charge < -0.3 is 4.74 Å². The number of nitrogens with one attached hydrogen (secondary N) is 1. The highest BCUT2D eigenvalue weighted by Gasteiger charge is 2.22. The quantitative estimate of drug-likeness (QED) is 0.476. The van der Waals surface area contributed by atoms with Crippen molar-refractivity contribution in [1.29, 1.82) is 0 Å². The van der Waals surface area contributed by atoms with Gasteiger partial charge in [-0.15, -0.1) is 4.89 Å². The van der Waals surface area contributed by atoms with Crippen molar-refractivity contribution in [1.82, 2.24) is 5.09 Å². The second-order valence-corrected chi connectivity index (χ2v) is 2.68. The Labute approximate surface area is 65.7 Å². The number of hydrogen-bond acceptors (Lipinski definition) is 3. The molecule has 0 aliphatic carbocycles. The number of esters is 1. The first kappa shape index (κ1) is 10.5. The second kappa shape index (κ2) is 5.18. The molecule has 0 aromatic rings. The van der Waals surface area contributed by atoms with Gasteiger partial charge in [-0.25, -0.2) is 0 Å². The summed E-state index contributed by atoms with van der Waals surface area (Å²) >= 11 is 0. The van der Waals surface area contributed by atoms with Crippen molar-refractivity contribution >= 4 is 14.1 Å². The molecule has 0 bridgehead atoms. The molecule has 6 heteroatoms. The highest BCUT2D eigenvalue weighted by atomic mass is 31.1. The van der Waals surface area contributed by atoms with E-state index in [1.807, 2.05) is 0 Å². The van der Waals surface area contributed by atoms with Crippen LogP contribution in [0.25, 0.3) is 0 Å². The van der Waals surface area contributed by atoms with E-state index in [9.17, 15) is 9.36 Å². The van der Waals surface area contributed by atoms with Gasteiger partial charge in [0.05, 0.1) is 6.61 Å². The van der Waals surface area contributed by atoms with Gasteiger partial charge in [0.25, 0.3) is 0 Å². The molecule has 2 unspecified atom stereocenters. The lowest BCUT2D eigenvalue weighted by Crippen LogP contribution is -2.30. The molecule has 0 aromatic heterocycles. The molecule has 0 heterocycles. The fourth-order valence-electron chi connectivity index (χ4n) is 0.486. The fourth-order valence-corrected chi connectivity index (χ4v) is 0.922. The van der Waals surface area contributed by atoms with Gasteiger partial charge in [-0.2, -0.15) is 0 Å². The molecule has 0 aromatic carbocycles. The molecular weight excluding hydrogens is 169 g/mol. The second-order valence-electron chi connectivity index (χ2n) is 1.88.